The van der Waals surface area contributed by atoms with E-state index in [-0.39, 0.29) is 32.7 Å². The minimum Gasteiger partial charge on any atom is -0.385 e. The molecule has 85 valence electrons. The Labute approximate surface area is 121 Å². The third-order valence-electron chi connectivity index (χ3n) is 2.65. The molecular weight excluding hydrogens is 301 g/mol. The summed E-state index contributed by atoms with van der Waals surface area (Å²) in [5.41, 5.74) is 2.46. The number of aryl methyl sites for hydroxylation is 1. The van der Waals surface area contributed by atoms with E-state index in [0.29, 0.717) is 4.90 Å². The minimum atomic E-state index is -3.61. The van der Waals surface area contributed by atoms with E-state index in [9.17, 15) is 8.76 Å². The Morgan fingerprint density at radius 1 is 1.50 bits per heavy atom. The van der Waals surface area contributed by atoms with E-state index in [2.05, 4.69) is 5.32 Å². The van der Waals surface area contributed by atoms with Gasteiger partial charge in [-0.2, -0.15) is 0 Å². The van der Waals surface area contributed by atoms with Crippen LogP contribution >= 0.6 is 0 Å². The molecule has 1 aromatic rings. The first-order chi connectivity index (χ1) is 7.00. The van der Waals surface area contributed by atoms with Crippen LogP contribution in [0.5, 0.6) is 0 Å². The molecule has 1 radical (unpaired) electrons. The summed E-state index contributed by atoms with van der Waals surface area (Å²) in [6.07, 6.45) is 1.72. The second-order valence-electron chi connectivity index (χ2n) is 3.79. The number of fused-ring (bicyclic) bond motifs is 1. The third-order valence-corrected chi connectivity index (χ3v) is 3.77. The molecule has 0 amide bonds. The molecule has 2 rings (SSSR count). The first kappa shape index (κ1) is 14.1. The van der Waals surface area contributed by atoms with E-state index in [0.717, 1.165) is 36.2 Å². The van der Waals surface area contributed by atoms with E-state index >= 15 is 0 Å². The Morgan fingerprint density at radius 2 is 2.19 bits per heavy atom. The molecule has 1 aliphatic heterocycles. The molecule has 0 aliphatic carbocycles. The predicted octanol–water partition coefficient (Wildman–Crippen LogP) is 2.23. The number of rotatable bonds is 1. The van der Waals surface area contributed by atoms with Gasteiger partial charge in [0.2, 0.25) is 0 Å². The zero-order chi connectivity index (χ0) is 11.1. The van der Waals surface area contributed by atoms with Gasteiger partial charge >= 0.3 is 0 Å². The van der Waals surface area contributed by atoms with Crippen LogP contribution < -0.4 is 5.32 Å². The zero-order valence-corrected chi connectivity index (χ0v) is 12.8. The first-order valence-electron chi connectivity index (χ1n) is 4.88. The molecule has 1 atom stereocenters. The number of hydrogen-bond donors (Lipinski definition) is 3. The molecule has 0 saturated heterocycles. The van der Waals surface area contributed by atoms with Crippen molar-refractivity contribution in [1.82, 2.24) is 0 Å². The average molecular weight is 315 g/mol. The molecule has 0 bridgehead atoms. The van der Waals surface area contributed by atoms with Crippen LogP contribution in [0.3, 0.4) is 0 Å². The van der Waals surface area contributed by atoms with Crippen LogP contribution in [0, 0.1) is 11.7 Å². The Balaban J connectivity index is 0.00000128. The van der Waals surface area contributed by atoms with Crippen molar-refractivity contribution in [2.75, 3.05) is 11.9 Å². The second-order valence-corrected chi connectivity index (χ2v) is 5.25. The van der Waals surface area contributed by atoms with Gasteiger partial charge in [0.1, 0.15) is 0 Å². The molecule has 0 saturated carbocycles. The Hall–Kier alpha value is 0.0339. The maximum Gasteiger partial charge on any atom is 0.188 e. The largest absolute Gasteiger partial charge is 0.385 e. The van der Waals surface area contributed by atoms with Crippen molar-refractivity contribution in [1.29, 1.82) is 4.78 Å². The van der Waals surface area contributed by atoms with Crippen LogP contribution in [-0.2, 0) is 49.1 Å². The molecule has 6 heteroatoms. The van der Waals surface area contributed by atoms with Crippen LogP contribution in [0.15, 0.2) is 17.0 Å². The quantitative estimate of drug-likeness (QED) is 0.744. The van der Waals surface area contributed by atoms with Crippen molar-refractivity contribution in [3.8, 4) is 0 Å². The zero-order valence-electron chi connectivity index (χ0n) is 9.12. The van der Waals surface area contributed by atoms with Crippen molar-refractivity contribution >= 4 is 15.7 Å². The summed E-state index contributed by atoms with van der Waals surface area (Å²) < 4.78 is 28.2. The SMILES string of the molecule is Cc1ccc2c(c1S(=N)(=O)O)CCCN2.[Y]. The molecule has 0 aromatic heterocycles. The van der Waals surface area contributed by atoms with Gasteiger partial charge in [0.25, 0.3) is 0 Å². The molecule has 1 unspecified atom stereocenters. The van der Waals surface area contributed by atoms with E-state index in [1.165, 1.54) is 0 Å². The normalized spacial score (nSPS) is 17.6. The second kappa shape index (κ2) is 5.13. The summed E-state index contributed by atoms with van der Waals surface area (Å²) >= 11 is 0. The van der Waals surface area contributed by atoms with E-state index in [1.807, 2.05) is 6.07 Å². The van der Waals surface area contributed by atoms with Gasteiger partial charge in [-0.25, -0.2) is 8.99 Å². The van der Waals surface area contributed by atoms with Crippen LogP contribution in [0.2, 0.25) is 0 Å². The minimum absolute atomic E-state index is 0. The number of hydrogen-bond acceptors (Lipinski definition) is 3. The van der Waals surface area contributed by atoms with Crippen molar-refractivity contribution in [3.63, 3.8) is 0 Å². The number of benzene rings is 1. The molecule has 1 aliphatic rings. The van der Waals surface area contributed by atoms with Gasteiger partial charge in [0, 0.05) is 44.9 Å². The standard InChI is InChI=1S/C10H14N2O2S.Y/c1-7-4-5-9-8(3-2-6-12-9)10(7)15(11,13)14;/h4-5,12H,2-3,6H2,1H3,(H2,11,13,14);. The van der Waals surface area contributed by atoms with Gasteiger partial charge in [-0.05, 0) is 37.0 Å². The molecule has 4 nitrogen and oxygen atoms in total. The maximum atomic E-state index is 11.5. The third kappa shape index (κ3) is 2.64. The fourth-order valence-electron chi connectivity index (χ4n) is 2.03. The van der Waals surface area contributed by atoms with Gasteiger partial charge in [-0.3, -0.25) is 4.55 Å². The Bertz CT molecular complexity index is 500. The summed E-state index contributed by atoms with van der Waals surface area (Å²) in [6, 6.07) is 3.70. The van der Waals surface area contributed by atoms with Crippen molar-refractivity contribution in [2.24, 2.45) is 0 Å². The van der Waals surface area contributed by atoms with E-state index in [4.69, 9.17) is 4.78 Å². The maximum absolute atomic E-state index is 11.5. The molecule has 16 heavy (non-hydrogen) atoms. The Morgan fingerprint density at radius 3 is 2.81 bits per heavy atom. The summed E-state index contributed by atoms with van der Waals surface area (Å²) in [6.45, 7) is 2.66. The first-order valence-corrected chi connectivity index (χ1v) is 6.39. The predicted molar refractivity (Wildman–Crippen MR) is 59.7 cm³/mol. The topological polar surface area (TPSA) is 73.2 Å². The molecule has 1 heterocycles. The van der Waals surface area contributed by atoms with Gasteiger partial charge in [0.05, 0.1) is 4.90 Å². The average Bonchev–Trinajstić information content (AvgIpc) is 2.15. The monoisotopic (exact) mass is 315 g/mol. The molecular formula is C10H14N2O2SY. The van der Waals surface area contributed by atoms with Crippen molar-refractivity contribution in [2.45, 2.75) is 24.7 Å². The fraction of sp³-hybridized carbons (Fsp3) is 0.400. The molecule has 0 spiro atoms. The Kier molecular flexibility index (Phi) is 4.52. The summed E-state index contributed by atoms with van der Waals surface area (Å²) in [5.74, 6) is 0. The van der Waals surface area contributed by atoms with Crippen LogP contribution in [0.25, 0.3) is 0 Å². The molecule has 1 aromatic carbocycles. The van der Waals surface area contributed by atoms with Crippen LogP contribution in [0.4, 0.5) is 5.69 Å². The van der Waals surface area contributed by atoms with E-state index in [1.54, 1.807) is 13.0 Å². The van der Waals surface area contributed by atoms with Gasteiger partial charge in [-0.1, -0.05) is 6.07 Å². The summed E-state index contributed by atoms with van der Waals surface area (Å²) in [7, 11) is -3.61. The molecule has 3 N–H and O–H groups in total. The van der Waals surface area contributed by atoms with Crippen LogP contribution in [-0.4, -0.2) is 15.3 Å². The smallest absolute Gasteiger partial charge is 0.188 e. The van der Waals surface area contributed by atoms with Gasteiger partial charge in [0.15, 0.2) is 10.0 Å². The fourth-order valence-corrected chi connectivity index (χ4v) is 3.08. The molecule has 0 fully saturated rings. The van der Waals surface area contributed by atoms with E-state index < -0.39 is 10.0 Å². The summed E-state index contributed by atoms with van der Waals surface area (Å²) in [5, 5.41) is 3.18. The number of nitrogens with one attached hydrogen (secondary N) is 2. The number of anilines is 1. The van der Waals surface area contributed by atoms with Gasteiger partial charge in [-0.15, -0.1) is 0 Å². The van der Waals surface area contributed by atoms with Crippen LogP contribution in [0.1, 0.15) is 17.5 Å². The summed E-state index contributed by atoms with van der Waals surface area (Å²) in [4.78, 5) is 0.298. The van der Waals surface area contributed by atoms with Crippen molar-refractivity contribution in [3.05, 3.63) is 23.3 Å². The van der Waals surface area contributed by atoms with Crippen molar-refractivity contribution < 1.29 is 41.5 Å². The van der Waals surface area contributed by atoms with Gasteiger partial charge < -0.3 is 5.32 Å².